The van der Waals surface area contributed by atoms with Crippen LogP contribution in [0, 0.1) is 0 Å². The average Bonchev–Trinajstić information content (AvgIpc) is 3.04. The summed E-state index contributed by atoms with van der Waals surface area (Å²) in [5.41, 5.74) is 1.73. The zero-order chi connectivity index (χ0) is 15.5. The van der Waals surface area contributed by atoms with E-state index in [2.05, 4.69) is 0 Å². The van der Waals surface area contributed by atoms with Crippen LogP contribution >= 0.6 is 0 Å². The van der Waals surface area contributed by atoms with E-state index < -0.39 is 11.9 Å². The first kappa shape index (κ1) is 15.0. The molecule has 1 heterocycles. The van der Waals surface area contributed by atoms with Crippen molar-refractivity contribution in [1.82, 2.24) is 4.90 Å². The van der Waals surface area contributed by atoms with Crippen molar-refractivity contribution >= 4 is 11.9 Å². The van der Waals surface area contributed by atoms with E-state index in [0.29, 0.717) is 6.54 Å². The highest BCUT2D eigenvalue weighted by Crippen LogP contribution is 2.28. The molecule has 1 aliphatic heterocycles. The zero-order valence-corrected chi connectivity index (χ0v) is 12.5. The first-order valence-corrected chi connectivity index (χ1v) is 7.85. The van der Waals surface area contributed by atoms with Gasteiger partial charge in [-0.2, -0.15) is 0 Å². The van der Waals surface area contributed by atoms with Gasteiger partial charge in [-0.25, -0.2) is 0 Å². The van der Waals surface area contributed by atoms with Crippen LogP contribution in [0.5, 0.6) is 0 Å². The van der Waals surface area contributed by atoms with Crippen molar-refractivity contribution in [3.8, 4) is 0 Å². The predicted octanol–water partition coefficient (Wildman–Crippen LogP) is 2.16. The number of carboxylic acid groups (broad SMARTS) is 1. The van der Waals surface area contributed by atoms with E-state index in [0.717, 1.165) is 36.8 Å². The van der Waals surface area contributed by atoms with Crippen molar-refractivity contribution in [2.24, 2.45) is 0 Å². The molecule has 1 aromatic carbocycles. The predicted molar refractivity (Wildman–Crippen MR) is 80.4 cm³/mol. The molecule has 1 N–H and O–H groups in total. The zero-order valence-electron chi connectivity index (χ0n) is 12.5. The molecular weight excluding hydrogens is 282 g/mol. The number of nitrogens with zero attached hydrogens (tertiary/aromatic N) is 1. The van der Waals surface area contributed by atoms with Crippen molar-refractivity contribution in [2.75, 3.05) is 13.2 Å². The molecule has 1 atom stereocenters. The van der Waals surface area contributed by atoms with E-state index in [1.165, 1.54) is 0 Å². The molecule has 0 aromatic heterocycles. The molecule has 0 bridgehead atoms. The second kappa shape index (κ2) is 6.48. The lowest BCUT2D eigenvalue weighted by Crippen LogP contribution is -2.42. The number of carboxylic acids is 1. The number of fused-ring (bicyclic) bond motifs is 1. The molecule has 1 fully saturated rings. The number of amides is 1. The van der Waals surface area contributed by atoms with Crippen molar-refractivity contribution in [1.29, 1.82) is 0 Å². The first-order valence-electron chi connectivity index (χ1n) is 7.85. The van der Waals surface area contributed by atoms with Crippen molar-refractivity contribution < 1.29 is 19.4 Å². The third-order valence-corrected chi connectivity index (χ3v) is 4.59. The van der Waals surface area contributed by atoms with Gasteiger partial charge in [0.15, 0.2) is 0 Å². The summed E-state index contributed by atoms with van der Waals surface area (Å²) in [6.07, 6.45) is 4.56. The number of carbonyl (C=O) groups excluding carboxylic acids is 1. The molecule has 3 rings (SSSR count). The largest absolute Gasteiger partial charge is 0.481 e. The highest BCUT2D eigenvalue weighted by molar-refractivity contribution is 5.82. The minimum atomic E-state index is -0.887. The second-order valence-electron chi connectivity index (χ2n) is 6.08. The Hall–Kier alpha value is -1.88. The molecular formula is C17H21NO4. The summed E-state index contributed by atoms with van der Waals surface area (Å²) in [5, 5.41) is 9.42. The number of hydrogen-bond donors (Lipinski definition) is 1. The summed E-state index contributed by atoms with van der Waals surface area (Å²) < 4.78 is 5.66. The molecule has 5 heteroatoms. The normalized spacial score (nSPS) is 21.6. The van der Waals surface area contributed by atoms with Crippen LogP contribution in [-0.2, 0) is 20.9 Å². The summed E-state index contributed by atoms with van der Waals surface area (Å²) in [6, 6.07) is 7.45. The molecule has 2 aliphatic rings. The van der Waals surface area contributed by atoms with E-state index in [9.17, 15) is 14.7 Å². The second-order valence-corrected chi connectivity index (χ2v) is 6.08. The molecule has 1 unspecified atom stereocenters. The van der Waals surface area contributed by atoms with E-state index in [1.54, 1.807) is 4.90 Å². The number of carbonyl (C=O) groups is 2. The molecule has 5 nitrogen and oxygen atoms in total. The lowest BCUT2D eigenvalue weighted by atomic mass is 9.90. The minimum Gasteiger partial charge on any atom is -0.481 e. The van der Waals surface area contributed by atoms with Gasteiger partial charge in [-0.05, 0) is 24.0 Å². The highest BCUT2D eigenvalue weighted by atomic mass is 16.5. The molecule has 1 aromatic rings. The van der Waals surface area contributed by atoms with Crippen LogP contribution in [-0.4, -0.2) is 41.1 Å². The van der Waals surface area contributed by atoms with E-state index >= 15 is 0 Å². The Morgan fingerprint density at radius 1 is 1.23 bits per heavy atom. The Labute approximate surface area is 129 Å². The Morgan fingerprint density at radius 2 is 1.95 bits per heavy atom. The molecule has 1 amide bonds. The number of rotatable bonds is 4. The van der Waals surface area contributed by atoms with Crippen molar-refractivity contribution in [2.45, 2.75) is 44.2 Å². The van der Waals surface area contributed by atoms with Crippen LogP contribution in [0.3, 0.4) is 0 Å². The lowest BCUT2D eigenvalue weighted by Gasteiger charge is -2.33. The van der Waals surface area contributed by atoms with E-state index in [1.807, 2.05) is 24.3 Å². The maximum absolute atomic E-state index is 12.3. The monoisotopic (exact) mass is 303 g/mol. The Bertz CT molecular complexity index is 566. The summed E-state index contributed by atoms with van der Waals surface area (Å²) in [5.74, 6) is -1.66. The maximum atomic E-state index is 12.3. The van der Waals surface area contributed by atoms with Crippen LogP contribution in [0.15, 0.2) is 24.3 Å². The van der Waals surface area contributed by atoms with Gasteiger partial charge in [0.25, 0.3) is 0 Å². The van der Waals surface area contributed by atoms with Gasteiger partial charge in [0.2, 0.25) is 5.91 Å². The van der Waals surface area contributed by atoms with Crippen molar-refractivity contribution in [3.05, 3.63) is 35.4 Å². The highest BCUT2D eigenvalue weighted by Gasteiger charge is 2.32. The van der Waals surface area contributed by atoms with Gasteiger partial charge in [-0.1, -0.05) is 37.1 Å². The average molecular weight is 303 g/mol. The smallest absolute Gasteiger partial charge is 0.312 e. The van der Waals surface area contributed by atoms with Crippen LogP contribution in [0.1, 0.15) is 42.7 Å². The van der Waals surface area contributed by atoms with E-state index in [4.69, 9.17) is 4.74 Å². The molecule has 118 valence electrons. The minimum absolute atomic E-state index is 0.0547. The van der Waals surface area contributed by atoms with Gasteiger partial charge in [0, 0.05) is 13.1 Å². The third kappa shape index (κ3) is 3.14. The molecule has 0 saturated heterocycles. The number of benzene rings is 1. The number of aliphatic carboxylic acids is 1. The van der Waals surface area contributed by atoms with Crippen molar-refractivity contribution in [3.63, 3.8) is 0 Å². The standard InChI is InChI=1S/C17H21NO4/c19-16(11-22-13-6-2-3-7-13)18-9-12-5-1-4-8-14(12)15(10-18)17(20)21/h1,4-5,8,13,15H,2-3,6-7,9-11H2,(H,20,21). The van der Waals surface area contributed by atoms with Crippen LogP contribution in [0.2, 0.25) is 0 Å². The Morgan fingerprint density at radius 3 is 2.68 bits per heavy atom. The van der Waals surface area contributed by atoms with Crippen LogP contribution in [0.4, 0.5) is 0 Å². The third-order valence-electron chi connectivity index (χ3n) is 4.59. The quantitative estimate of drug-likeness (QED) is 0.925. The molecule has 0 spiro atoms. The SMILES string of the molecule is O=C(O)C1CN(C(=O)COC2CCCC2)Cc2ccccc21. The Balaban J connectivity index is 1.67. The maximum Gasteiger partial charge on any atom is 0.312 e. The molecule has 0 radical (unpaired) electrons. The van der Waals surface area contributed by atoms with Gasteiger partial charge >= 0.3 is 5.97 Å². The van der Waals surface area contributed by atoms with E-state index in [-0.39, 0.29) is 25.2 Å². The molecule has 1 saturated carbocycles. The topological polar surface area (TPSA) is 66.8 Å². The van der Waals surface area contributed by atoms with Crippen LogP contribution in [0.25, 0.3) is 0 Å². The van der Waals surface area contributed by atoms with Crippen LogP contribution < -0.4 is 0 Å². The van der Waals surface area contributed by atoms with Gasteiger partial charge in [0.1, 0.15) is 6.61 Å². The first-order chi connectivity index (χ1) is 10.6. The van der Waals surface area contributed by atoms with Gasteiger partial charge < -0.3 is 14.7 Å². The van der Waals surface area contributed by atoms with Gasteiger partial charge in [-0.3, -0.25) is 9.59 Å². The fourth-order valence-corrected chi connectivity index (χ4v) is 3.34. The Kier molecular flexibility index (Phi) is 4.43. The molecule has 22 heavy (non-hydrogen) atoms. The summed E-state index contributed by atoms with van der Waals surface area (Å²) in [7, 11) is 0. The van der Waals surface area contributed by atoms with Gasteiger partial charge in [-0.15, -0.1) is 0 Å². The van der Waals surface area contributed by atoms with Gasteiger partial charge in [0.05, 0.1) is 12.0 Å². The fourth-order valence-electron chi connectivity index (χ4n) is 3.34. The summed E-state index contributed by atoms with van der Waals surface area (Å²) in [4.78, 5) is 25.4. The summed E-state index contributed by atoms with van der Waals surface area (Å²) >= 11 is 0. The lowest BCUT2D eigenvalue weighted by molar-refractivity contribution is -0.143. The number of ether oxygens (including phenoxy) is 1. The summed E-state index contributed by atoms with van der Waals surface area (Å²) in [6.45, 7) is 0.741. The molecule has 1 aliphatic carbocycles. The number of hydrogen-bond acceptors (Lipinski definition) is 3. The fraction of sp³-hybridized carbons (Fsp3) is 0.529.